The van der Waals surface area contributed by atoms with Crippen molar-refractivity contribution < 1.29 is 14.6 Å². The van der Waals surface area contributed by atoms with E-state index in [1.165, 1.54) is 19.3 Å². The van der Waals surface area contributed by atoms with E-state index in [0.29, 0.717) is 6.10 Å². The molecule has 2 heterocycles. The molecule has 4 nitrogen and oxygen atoms in total. The Bertz CT molecular complexity index is 324. The number of carboxylic acids is 1. The summed E-state index contributed by atoms with van der Waals surface area (Å²) in [6.45, 7) is 7.82. The van der Waals surface area contributed by atoms with Gasteiger partial charge in [0.1, 0.15) is 0 Å². The standard InChI is InChI=1S/C16H29NO3/c1-16(2,15(18)19)13-6-3-9-17(12-13)10-4-7-14-8-5-11-20-14/h13-14H,3-12H2,1-2H3,(H,18,19). The van der Waals surface area contributed by atoms with Crippen molar-refractivity contribution in [1.29, 1.82) is 0 Å². The first-order valence-corrected chi connectivity index (χ1v) is 8.07. The van der Waals surface area contributed by atoms with Crippen LogP contribution in [-0.4, -0.2) is 48.3 Å². The van der Waals surface area contributed by atoms with Crippen molar-refractivity contribution in [3.8, 4) is 0 Å². The van der Waals surface area contributed by atoms with Crippen LogP contribution in [0.5, 0.6) is 0 Å². The van der Waals surface area contributed by atoms with Crippen LogP contribution in [0.3, 0.4) is 0 Å². The van der Waals surface area contributed by atoms with Gasteiger partial charge in [-0.3, -0.25) is 4.79 Å². The van der Waals surface area contributed by atoms with Crippen molar-refractivity contribution in [3.63, 3.8) is 0 Å². The largest absolute Gasteiger partial charge is 0.481 e. The predicted molar refractivity (Wildman–Crippen MR) is 78.8 cm³/mol. The van der Waals surface area contributed by atoms with E-state index in [1.54, 1.807) is 0 Å². The molecule has 2 rings (SSSR count). The van der Waals surface area contributed by atoms with Gasteiger partial charge in [0.15, 0.2) is 0 Å². The van der Waals surface area contributed by atoms with Gasteiger partial charge in [-0.25, -0.2) is 0 Å². The molecule has 0 aromatic carbocycles. The molecule has 2 saturated heterocycles. The first-order valence-electron chi connectivity index (χ1n) is 8.07. The Morgan fingerprint density at radius 2 is 2.15 bits per heavy atom. The van der Waals surface area contributed by atoms with Crippen molar-refractivity contribution in [2.75, 3.05) is 26.2 Å². The Labute approximate surface area is 122 Å². The van der Waals surface area contributed by atoms with Crippen LogP contribution in [0.15, 0.2) is 0 Å². The molecule has 0 saturated carbocycles. The van der Waals surface area contributed by atoms with Crippen molar-refractivity contribution in [2.24, 2.45) is 11.3 Å². The summed E-state index contributed by atoms with van der Waals surface area (Å²) >= 11 is 0. The van der Waals surface area contributed by atoms with Gasteiger partial charge in [0, 0.05) is 13.2 Å². The van der Waals surface area contributed by atoms with Crippen molar-refractivity contribution in [1.82, 2.24) is 4.90 Å². The zero-order valence-electron chi connectivity index (χ0n) is 12.9. The van der Waals surface area contributed by atoms with Crippen LogP contribution in [0.1, 0.15) is 52.4 Å². The highest BCUT2D eigenvalue weighted by molar-refractivity contribution is 5.74. The van der Waals surface area contributed by atoms with Crippen molar-refractivity contribution >= 4 is 5.97 Å². The average molecular weight is 283 g/mol. The number of rotatable bonds is 6. The smallest absolute Gasteiger partial charge is 0.309 e. The van der Waals surface area contributed by atoms with E-state index in [0.717, 1.165) is 45.5 Å². The van der Waals surface area contributed by atoms with Gasteiger partial charge in [-0.05, 0) is 71.4 Å². The monoisotopic (exact) mass is 283 g/mol. The molecule has 4 heteroatoms. The summed E-state index contributed by atoms with van der Waals surface area (Å²) in [5.74, 6) is -0.389. The van der Waals surface area contributed by atoms with Crippen LogP contribution < -0.4 is 0 Å². The lowest BCUT2D eigenvalue weighted by atomic mass is 9.74. The summed E-state index contributed by atoms with van der Waals surface area (Å²) in [6.07, 6.45) is 7.40. The van der Waals surface area contributed by atoms with Gasteiger partial charge in [0.05, 0.1) is 11.5 Å². The fourth-order valence-corrected chi connectivity index (χ4v) is 3.44. The fourth-order valence-electron chi connectivity index (χ4n) is 3.44. The number of carbonyl (C=O) groups is 1. The molecule has 2 fully saturated rings. The Morgan fingerprint density at radius 3 is 2.80 bits per heavy atom. The van der Waals surface area contributed by atoms with E-state index in [9.17, 15) is 9.90 Å². The summed E-state index contributed by atoms with van der Waals surface area (Å²) in [6, 6.07) is 0. The van der Waals surface area contributed by atoms with E-state index in [-0.39, 0.29) is 5.92 Å². The molecule has 2 aliphatic heterocycles. The predicted octanol–water partition coefficient (Wildman–Crippen LogP) is 2.77. The summed E-state index contributed by atoms with van der Waals surface area (Å²) in [7, 11) is 0. The summed E-state index contributed by atoms with van der Waals surface area (Å²) in [5, 5.41) is 9.36. The first-order chi connectivity index (χ1) is 9.50. The number of ether oxygens (including phenoxy) is 1. The molecule has 20 heavy (non-hydrogen) atoms. The first kappa shape index (κ1) is 15.8. The van der Waals surface area contributed by atoms with Crippen LogP contribution in [-0.2, 0) is 9.53 Å². The number of hydrogen-bond acceptors (Lipinski definition) is 3. The molecule has 0 aromatic heterocycles. The van der Waals surface area contributed by atoms with Crippen LogP contribution in [0.4, 0.5) is 0 Å². The Balaban J connectivity index is 1.74. The number of aliphatic carboxylic acids is 1. The molecule has 0 spiro atoms. The molecule has 2 atom stereocenters. The third-order valence-electron chi connectivity index (χ3n) is 5.10. The minimum absolute atomic E-state index is 0.275. The highest BCUT2D eigenvalue weighted by Crippen LogP contribution is 2.34. The zero-order chi connectivity index (χ0) is 14.6. The van der Waals surface area contributed by atoms with Crippen molar-refractivity contribution in [3.05, 3.63) is 0 Å². The molecular weight excluding hydrogens is 254 g/mol. The number of piperidine rings is 1. The van der Waals surface area contributed by atoms with Gasteiger partial charge in [0.2, 0.25) is 0 Å². The lowest BCUT2D eigenvalue weighted by Gasteiger charge is -2.39. The molecule has 0 aliphatic carbocycles. The minimum atomic E-state index is -0.663. The number of carboxylic acid groups (broad SMARTS) is 1. The Hall–Kier alpha value is -0.610. The van der Waals surface area contributed by atoms with Crippen molar-refractivity contribution in [2.45, 2.75) is 58.5 Å². The Kier molecular flexibility index (Phi) is 5.44. The van der Waals surface area contributed by atoms with Gasteiger partial charge in [-0.15, -0.1) is 0 Å². The van der Waals surface area contributed by atoms with E-state index < -0.39 is 11.4 Å². The van der Waals surface area contributed by atoms with Crippen LogP contribution in [0, 0.1) is 11.3 Å². The highest BCUT2D eigenvalue weighted by Gasteiger charge is 2.38. The van der Waals surface area contributed by atoms with Crippen LogP contribution >= 0.6 is 0 Å². The van der Waals surface area contributed by atoms with Crippen LogP contribution in [0.2, 0.25) is 0 Å². The molecule has 116 valence electrons. The molecule has 2 unspecified atom stereocenters. The second kappa shape index (κ2) is 6.90. The minimum Gasteiger partial charge on any atom is -0.481 e. The third kappa shape index (κ3) is 3.95. The molecule has 0 radical (unpaired) electrons. The number of likely N-dealkylation sites (tertiary alicyclic amines) is 1. The number of hydrogen-bond donors (Lipinski definition) is 1. The topological polar surface area (TPSA) is 49.8 Å². The SMILES string of the molecule is CC(C)(C(=O)O)C1CCCN(CCCC2CCCO2)C1. The zero-order valence-corrected chi connectivity index (χ0v) is 12.9. The maximum absolute atomic E-state index is 11.4. The van der Waals surface area contributed by atoms with Gasteiger partial charge in [0.25, 0.3) is 0 Å². The molecule has 0 bridgehead atoms. The Morgan fingerprint density at radius 1 is 1.35 bits per heavy atom. The van der Waals surface area contributed by atoms with Gasteiger partial charge >= 0.3 is 5.97 Å². The summed E-state index contributed by atoms with van der Waals surface area (Å²) in [4.78, 5) is 13.8. The maximum Gasteiger partial charge on any atom is 0.309 e. The summed E-state index contributed by atoms with van der Waals surface area (Å²) < 4.78 is 5.65. The van der Waals surface area contributed by atoms with E-state index >= 15 is 0 Å². The van der Waals surface area contributed by atoms with E-state index in [4.69, 9.17) is 4.74 Å². The lowest BCUT2D eigenvalue weighted by Crippen LogP contribution is -2.45. The molecule has 2 aliphatic rings. The molecule has 1 N–H and O–H groups in total. The van der Waals surface area contributed by atoms with Crippen LogP contribution in [0.25, 0.3) is 0 Å². The molecule has 0 amide bonds. The lowest BCUT2D eigenvalue weighted by molar-refractivity contribution is -0.151. The van der Waals surface area contributed by atoms with E-state index in [2.05, 4.69) is 4.90 Å². The maximum atomic E-state index is 11.4. The molecule has 0 aromatic rings. The third-order valence-corrected chi connectivity index (χ3v) is 5.10. The quantitative estimate of drug-likeness (QED) is 0.814. The number of nitrogens with zero attached hydrogens (tertiary/aromatic N) is 1. The summed E-state index contributed by atoms with van der Waals surface area (Å²) in [5.41, 5.74) is -0.604. The highest BCUT2D eigenvalue weighted by atomic mass is 16.5. The fraction of sp³-hybridized carbons (Fsp3) is 0.938. The molecular formula is C16H29NO3. The van der Waals surface area contributed by atoms with E-state index in [1.807, 2.05) is 13.8 Å². The second-order valence-electron chi connectivity index (χ2n) is 6.94. The normalized spacial score (nSPS) is 28.7. The average Bonchev–Trinajstić information content (AvgIpc) is 2.92. The second-order valence-corrected chi connectivity index (χ2v) is 6.94. The van der Waals surface area contributed by atoms with Gasteiger partial charge in [-0.1, -0.05) is 0 Å². The van der Waals surface area contributed by atoms with Gasteiger partial charge in [-0.2, -0.15) is 0 Å². The van der Waals surface area contributed by atoms with Gasteiger partial charge < -0.3 is 14.7 Å².